The van der Waals surface area contributed by atoms with Gasteiger partial charge in [-0.1, -0.05) is 60.3 Å². The van der Waals surface area contributed by atoms with Crippen LogP contribution in [0.25, 0.3) is 5.69 Å². The lowest BCUT2D eigenvalue weighted by Gasteiger charge is -2.16. The smallest absolute Gasteiger partial charge is 0.233 e. The molecule has 31 heavy (non-hydrogen) atoms. The van der Waals surface area contributed by atoms with E-state index in [0.29, 0.717) is 18.8 Å². The number of nitrogens with zero attached hydrogens (tertiary/aromatic N) is 6. The Bertz CT molecular complexity index is 1140. The van der Waals surface area contributed by atoms with E-state index in [1.54, 1.807) is 11.1 Å². The molecule has 0 N–H and O–H groups in total. The third kappa shape index (κ3) is 5.21. The van der Waals surface area contributed by atoms with Crippen LogP contribution in [0.4, 0.5) is 0 Å². The van der Waals surface area contributed by atoms with E-state index >= 15 is 0 Å². The summed E-state index contributed by atoms with van der Waals surface area (Å²) in [7, 11) is 1.81. The summed E-state index contributed by atoms with van der Waals surface area (Å²) in [6.07, 6.45) is 3.75. The van der Waals surface area contributed by atoms with Crippen LogP contribution in [0.15, 0.2) is 78.2 Å². The Hall–Kier alpha value is -3.39. The van der Waals surface area contributed by atoms with Gasteiger partial charge in [0, 0.05) is 25.4 Å². The molecule has 0 fully saturated rings. The fourth-order valence-electron chi connectivity index (χ4n) is 3.18. The van der Waals surface area contributed by atoms with Crippen molar-refractivity contribution in [3.05, 3.63) is 90.0 Å². The molecule has 2 aromatic carbocycles. The second kappa shape index (κ2) is 9.61. The molecule has 158 valence electrons. The highest BCUT2D eigenvalue weighted by Gasteiger charge is 2.15. The van der Waals surface area contributed by atoms with E-state index in [1.165, 1.54) is 17.3 Å². The molecule has 0 atom stereocenters. The molecule has 0 radical (unpaired) electrons. The molecular weight excluding hydrogens is 408 g/mol. The van der Waals surface area contributed by atoms with E-state index in [0.717, 1.165) is 22.2 Å². The lowest BCUT2D eigenvalue weighted by molar-refractivity contribution is -0.127. The van der Waals surface area contributed by atoms with Crippen molar-refractivity contribution in [1.29, 1.82) is 0 Å². The standard InChI is InChI=1S/C23H24N6OS/c1-18-25-26-23(28(18)15-19-9-5-3-6-10-19)31-17-22(30)27(2)14-20-13-24-29(16-20)21-11-7-4-8-12-21/h3-13,16H,14-15,17H2,1-2H3. The molecule has 0 aliphatic carbocycles. The van der Waals surface area contributed by atoms with Gasteiger partial charge in [0.2, 0.25) is 5.91 Å². The monoisotopic (exact) mass is 432 g/mol. The lowest BCUT2D eigenvalue weighted by atomic mass is 10.2. The Morgan fingerprint density at radius 3 is 2.45 bits per heavy atom. The minimum atomic E-state index is 0.0318. The predicted octanol–water partition coefficient (Wildman–Crippen LogP) is 3.57. The van der Waals surface area contributed by atoms with Gasteiger partial charge in [-0.15, -0.1) is 10.2 Å². The van der Waals surface area contributed by atoms with Gasteiger partial charge >= 0.3 is 0 Å². The number of carbonyl (C=O) groups is 1. The Kier molecular flexibility index (Phi) is 6.47. The summed E-state index contributed by atoms with van der Waals surface area (Å²) in [5.74, 6) is 1.17. The minimum absolute atomic E-state index is 0.0318. The highest BCUT2D eigenvalue weighted by atomic mass is 32.2. The Morgan fingerprint density at radius 1 is 1.00 bits per heavy atom. The predicted molar refractivity (Wildman–Crippen MR) is 121 cm³/mol. The zero-order valence-corrected chi connectivity index (χ0v) is 18.4. The summed E-state index contributed by atoms with van der Waals surface area (Å²) in [6.45, 7) is 3.12. The molecule has 7 nitrogen and oxygen atoms in total. The van der Waals surface area contributed by atoms with Crippen LogP contribution in [-0.4, -0.2) is 48.2 Å². The molecule has 4 rings (SSSR count). The minimum Gasteiger partial charge on any atom is -0.341 e. The van der Waals surface area contributed by atoms with Gasteiger partial charge in [-0.25, -0.2) is 4.68 Å². The molecule has 0 saturated carbocycles. The van der Waals surface area contributed by atoms with Crippen LogP contribution >= 0.6 is 11.8 Å². The number of para-hydroxylation sites is 1. The molecule has 8 heteroatoms. The molecule has 2 aromatic heterocycles. The van der Waals surface area contributed by atoms with E-state index < -0.39 is 0 Å². The van der Waals surface area contributed by atoms with Crippen molar-refractivity contribution in [2.45, 2.75) is 25.2 Å². The maximum Gasteiger partial charge on any atom is 0.233 e. The fraction of sp³-hybridized carbons (Fsp3) is 0.217. The van der Waals surface area contributed by atoms with Crippen molar-refractivity contribution in [1.82, 2.24) is 29.4 Å². The molecule has 2 heterocycles. The van der Waals surface area contributed by atoms with Gasteiger partial charge in [0.1, 0.15) is 5.82 Å². The van der Waals surface area contributed by atoms with Crippen LogP contribution in [0, 0.1) is 6.92 Å². The Labute approximate surface area is 185 Å². The summed E-state index contributed by atoms with van der Waals surface area (Å²) in [6, 6.07) is 20.1. The molecule has 4 aromatic rings. The number of rotatable bonds is 8. The molecule has 0 spiro atoms. The third-order valence-electron chi connectivity index (χ3n) is 4.91. The van der Waals surface area contributed by atoms with E-state index in [1.807, 2.05) is 77.9 Å². The van der Waals surface area contributed by atoms with Crippen molar-refractivity contribution >= 4 is 17.7 Å². The summed E-state index contributed by atoms with van der Waals surface area (Å²) in [5.41, 5.74) is 3.14. The van der Waals surface area contributed by atoms with Crippen molar-refractivity contribution in [2.24, 2.45) is 0 Å². The summed E-state index contributed by atoms with van der Waals surface area (Å²) >= 11 is 1.41. The van der Waals surface area contributed by atoms with Crippen molar-refractivity contribution in [2.75, 3.05) is 12.8 Å². The molecule has 0 unspecified atom stereocenters. The van der Waals surface area contributed by atoms with Crippen molar-refractivity contribution in [3.8, 4) is 5.69 Å². The van der Waals surface area contributed by atoms with Crippen molar-refractivity contribution < 1.29 is 4.79 Å². The first-order valence-corrected chi connectivity index (χ1v) is 11.0. The summed E-state index contributed by atoms with van der Waals surface area (Å²) in [4.78, 5) is 14.4. The van der Waals surface area contributed by atoms with Gasteiger partial charge in [0.05, 0.1) is 24.2 Å². The number of hydrogen-bond donors (Lipinski definition) is 0. The van der Waals surface area contributed by atoms with Crippen LogP contribution in [0.3, 0.4) is 0 Å². The summed E-state index contributed by atoms with van der Waals surface area (Å²) < 4.78 is 3.86. The number of aryl methyl sites for hydroxylation is 1. The number of thioether (sulfide) groups is 1. The highest BCUT2D eigenvalue weighted by Crippen LogP contribution is 2.19. The maximum atomic E-state index is 12.7. The Morgan fingerprint density at radius 2 is 1.71 bits per heavy atom. The van der Waals surface area contributed by atoms with E-state index in [-0.39, 0.29) is 5.91 Å². The van der Waals surface area contributed by atoms with Gasteiger partial charge in [-0.3, -0.25) is 4.79 Å². The second-order valence-electron chi connectivity index (χ2n) is 7.27. The van der Waals surface area contributed by atoms with Crippen LogP contribution in [0.1, 0.15) is 17.0 Å². The topological polar surface area (TPSA) is 68.8 Å². The normalized spacial score (nSPS) is 10.9. The number of benzene rings is 2. The Balaban J connectivity index is 1.35. The number of amides is 1. The third-order valence-corrected chi connectivity index (χ3v) is 5.86. The van der Waals surface area contributed by atoms with Crippen LogP contribution < -0.4 is 0 Å². The number of carbonyl (C=O) groups excluding carboxylic acids is 1. The first-order valence-electron chi connectivity index (χ1n) is 9.99. The second-order valence-corrected chi connectivity index (χ2v) is 8.21. The van der Waals surface area contributed by atoms with Gasteiger partial charge in [-0.05, 0) is 24.6 Å². The molecular formula is C23H24N6OS. The first-order chi connectivity index (χ1) is 15.1. The van der Waals surface area contributed by atoms with E-state index in [9.17, 15) is 4.79 Å². The quantitative estimate of drug-likeness (QED) is 0.398. The van der Waals surface area contributed by atoms with Crippen LogP contribution in [0.2, 0.25) is 0 Å². The molecule has 0 aliphatic heterocycles. The number of hydrogen-bond acceptors (Lipinski definition) is 5. The molecule has 0 bridgehead atoms. The first kappa shape index (κ1) is 20.9. The molecule has 0 aliphatic rings. The van der Waals surface area contributed by atoms with Crippen LogP contribution in [0.5, 0.6) is 0 Å². The highest BCUT2D eigenvalue weighted by molar-refractivity contribution is 7.99. The van der Waals surface area contributed by atoms with Gasteiger partial charge < -0.3 is 9.47 Å². The van der Waals surface area contributed by atoms with Gasteiger partial charge in [0.15, 0.2) is 5.16 Å². The SMILES string of the molecule is Cc1nnc(SCC(=O)N(C)Cc2cnn(-c3ccccc3)c2)n1Cc1ccccc1. The maximum absolute atomic E-state index is 12.7. The van der Waals surface area contributed by atoms with Gasteiger partial charge in [-0.2, -0.15) is 5.10 Å². The average Bonchev–Trinajstić information content (AvgIpc) is 3.40. The summed E-state index contributed by atoms with van der Waals surface area (Å²) in [5, 5.41) is 13.6. The van der Waals surface area contributed by atoms with Crippen LogP contribution in [-0.2, 0) is 17.9 Å². The lowest BCUT2D eigenvalue weighted by Crippen LogP contribution is -2.27. The van der Waals surface area contributed by atoms with Crippen molar-refractivity contribution in [3.63, 3.8) is 0 Å². The molecule has 1 amide bonds. The fourth-order valence-corrected chi connectivity index (χ4v) is 4.10. The van der Waals surface area contributed by atoms with Gasteiger partial charge in [0.25, 0.3) is 0 Å². The van der Waals surface area contributed by atoms with E-state index in [4.69, 9.17) is 0 Å². The van der Waals surface area contributed by atoms with E-state index in [2.05, 4.69) is 27.4 Å². The zero-order chi connectivity index (χ0) is 21.6. The molecule has 0 saturated heterocycles. The largest absolute Gasteiger partial charge is 0.341 e. The average molecular weight is 433 g/mol. The number of aromatic nitrogens is 5. The zero-order valence-electron chi connectivity index (χ0n) is 17.5.